The average molecular weight is 515 g/mol. The molecule has 1 fully saturated rings. The summed E-state index contributed by atoms with van der Waals surface area (Å²) in [6.45, 7) is 0. The molecule has 9 nitrogen and oxygen atoms in total. The Bertz CT molecular complexity index is 1800. The van der Waals surface area contributed by atoms with Gasteiger partial charge >= 0.3 is 0 Å². The minimum Gasteiger partial charge on any atom is -0.353 e. The summed E-state index contributed by atoms with van der Waals surface area (Å²) >= 11 is 0. The summed E-state index contributed by atoms with van der Waals surface area (Å²) in [5.41, 5.74) is 7.62. The van der Waals surface area contributed by atoms with Crippen LogP contribution in [0.3, 0.4) is 0 Å². The smallest absolute Gasteiger partial charge is 0.227 e. The van der Waals surface area contributed by atoms with Crippen molar-refractivity contribution in [1.29, 1.82) is 0 Å². The van der Waals surface area contributed by atoms with Crippen LogP contribution in [0.5, 0.6) is 0 Å². The molecule has 1 amide bonds. The van der Waals surface area contributed by atoms with Gasteiger partial charge in [0.05, 0.1) is 40.7 Å². The third-order valence-corrected chi connectivity index (χ3v) is 7.48. The normalized spacial score (nSPS) is 14.2. The zero-order chi connectivity index (χ0) is 26.2. The van der Waals surface area contributed by atoms with E-state index in [1.807, 2.05) is 30.3 Å². The van der Waals surface area contributed by atoms with Crippen LogP contribution in [0.25, 0.3) is 55.7 Å². The van der Waals surface area contributed by atoms with Crippen LogP contribution in [0.2, 0.25) is 0 Å². The van der Waals surface area contributed by atoms with Crippen molar-refractivity contribution < 1.29 is 4.79 Å². The van der Waals surface area contributed by atoms with Gasteiger partial charge in [0, 0.05) is 58.1 Å². The lowest BCUT2D eigenvalue weighted by Crippen LogP contribution is -2.24. The number of fused-ring (bicyclic) bond motifs is 2. The molecule has 6 aromatic heterocycles. The first-order valence-corrected chi connectivity index (χ1v) is 13.2. The minimum atomic E-state index is 0.0774. The molecule has 3 N–H and O–H groups in total. The standard InChI is InChI=1S/C30H26N8O/c39-30(19-4-2-1-3-5-19)35-21-12-20(15-32-16-21)25-13-23-27(17-34-25)37-38-29(23)26-14-22-24(36-26)8-11-33-28(22)18-6-9-31-10-7-18/h6-17,19,36H,1-5H2,(H,35,39)(H,37,38). The molecule has 0 saturated heterocycles. The summed E-state index contributed by atoms with van der Waals surface area (Å²) in [6.07, 6.45) is 15.9. The van der Waals surface area contributed by atoms with E-state index in [0.717, 1.165) is 81.4 Å². The highest BCUT2D eigenvalue weighted by atomic mass is 16.1. The molecule has 0 aromatic carbocycles. The molecule has 6 heterocycles. The second-order valence-electron chi connectivity index (χ2n) is 10.0. The van der Waals surface area contributed by atoms with E-state index < -0.39 is 0 Å². The van der Waals surface area contributed by atoms with E-state index >= 15 is 0 Å². The molecule has 1 aliphatic carbocycles. The zero-order valence-corrected chi connectivity index (χ0v) is 21.2. The Morgan fingerprint density at radius 2 is 1.64 bits per heavy atom. The van der Waals surface area contributed by atoms with E-state index in [9.17, 15) is 4.79 Å². The van der Waals surface area contributed by atoms with Crippen LogP contribution >= 0.6 is 0 Å². The quantitative estimate of drug-likeness (QED) is 0.254. The van der Waals surface area contributed by atoms with Gasteiger partial charge in [0.15, 0.2) is 0 Å². The third kappa shape index (κ3) is 4.41. The van der Waals surface area contributed by atoms with Gasteiger partial charge in [0.25, 0.3) is 0 Å². The van der Waals surface area contributed by atoms with Crippen LogP contribution in [0, 0.1) is 5.92 Å². The summed E-state index contributed by atoms with van der Waals surface area (Å²) < 4.78 is 0. The van der Waals surface area contributed by atoms with Crippen LogP contribution in [0.15, 0.2) is 73.6 Å². The van der Waals surface area contributed by atoms with E-state index in [-0.39, 0.29) is 11.8 Å². The number of carbonyl (C=O) groups excluding carboxylic acids is 1. The van der Waals surface area contributed by atoms with E-state index in [0.29, 0.717) is 5.69 Å². The fraction of sp³-hybridized carbons (Fsp3) is 0.200. The van der Waals surface area contributed by atoms with Crippen molar-refractivity contribution in [2.45, 2.75) is 32.1 Å². The summed E-state index contributed by atoms with van der Waals surface area (Å²) in [6, 6.07) is 11.9. The molecule has 0 aliphatic heterocycles. The number of hydrogen-bond acceptors (Lipinski definition) is 6. The molecule has 0 radical (unpaired) electrons. The van der Waals surface area contributed by atoms with Crippen molar-refractivity contribution in [3.8, 4) is 33.9 Å². The number of rotatable bonds is 5. The predicted octanol–water partition coefficient (Wildman–Crippen LogP) is 6.14. The van der Waals surface area contributed by atoms with Gasteiger partial charge in [0.1, 0.15) is 5.69 Å². The Morgan fingerprint density at radius 1 is 0.795 bits per heavy atom. The van der Waals surface area contributed by atoms with E-state index in [1.54, 1.807) is 37.2 Å². The topological polar surface area (TPSA) is 125 Å². The molecule has 0 bridgehead atoms. The molecule has 7 rings (SSSR count). The van der Waals surface area contributed by atoms with Gasteiger partial charge in [-0.05, 0) is 49.2 Å². The highest BCUT2D eigenvalue weighted by molar-refractivity contribution is 6.00. The number of amides is 1. The maximum absolute atomic E-state index is 12.8. The van der Waals surface area contributed by atoms with Crippen LogP contribution in [-0.2, 0) is 4.79 Å². The molecule has 39 heavy (non-hydrogen) atoms. The molecule has 9 heteroatoms. The van der Waals surface area contributed by atoms with Gasteiger partial charge < -0.3 is 10.3 Å². The molecule has 0 spiro atoms. The van der Waals surface area contributed by atoms with Crippen molar-refractivity contribution in [2.24, 2.45) is 5.92 Å². The molecule has 1 aliphatic rings. The van der Waals surface area contributed by atoms with E-state index in [2.05, 4.69) is 46.5 Å². The fourth-order valence-electron chi connectivity index (χ4n) is 5.46. The van der Waals surface area contributed by atoms with Gasteiger partial charge in [-0.15, -0.1) is 0 Å². The Morgan fingerprint density at radius 3 is 2.51 bits per heavy atom. The average Bonchev–Trinajstić information content (AvgIpc) is 3.62. The lowest BCUT2D eigenvalue weighted by atomic mass is 9.88. The molecule has 1 saturated carbocycles. The van der Waals surface area contributed by atoms with Crippen LogP contribution < -0.4 is 5.32 Å². The number of anilines is 1. The fourth-order valence-corrected chi connectivity index (χ4v) is 5.46. The van der Waals surface area contributed by atoms with Crippen molar-refractivity contribution in [2.75, 3.05) is 5.32 Å². The van der Waals surface area contributed by atoms with Gasteiger partial charge in [-0.25, -0.2) is 0 Å². The number of pyridine rings is 4. The molecule has 6 aromatic rings. The lowest BCUT2D eigenvalue weighted by Gasteiger charge is -2.20. The van der Waals surface area contributed by atoms with Crippen LogP contribution in [0.4, 0.5) is 5.69 Å². The summed E-state index contributed by atoms with van der Waals surface area (Å²) in [4.78, 5) is 34.0. The van der Waals surface area contributed by atoms with Gasteiger partial charge in [-0.2, -0.15) is 5.10 Å². The number of nitrogens with zero attached hydrogens (tertiary/aromatic N) is 5. The highest BCUT2D eigenvalue weighted by Gasteiger charge is 2.21. The summed E-state index contributed by atoms with van der Waals surface area (Å²) in [7, 11) is 0. The molecule has 0 atom stereocenters. The number of hydrogen-bond donors (Lipinski definition) is 3. The SMILES string of the molecule is O=C(Nc1cncc(-c2cc3c(-c4cc5c(-c6ccncc6)nccc5[nH]4)n[nH]c3cn2)c1)C1CCCCC1. The number of carbonyl (C=O) groups is 1. The van der Waals surface area contributed by atoms with Crippen molar-refractivity contribution in [3.05, 3.63) is 73.6 Å². The largest absolute Gasteiger partial charge is 0.353 e. The number of nitrogens with one attached hydrogen (secondary N) is 3. The Hall–Kier alpha value is -4.92. The second-order valence-corrected chi connectivity index (χ2v) is 10.0. The Labute approximate surface area is 224 Å². The van der Waals surface area contributed by atoms with Crippen molar-refractivity contribution in [1.82, 2.24) is 35.1 Å². The third-order valence-electron chi connectivity index (χ3n) is 7.48. The van der Waals surface area contributed by atoms with Crippen LogP contribution in [-0.4, -0.2) is 41.0 Å². The lowest BCUT2D eigenvalue weighted by molar-refractivity contribution is -0.120. The van der Waals surface area contributed by atoms with Crippen molar-refractivity contribution >= 4 is 33.4 Å². The number of aromatic amines is 2. The first-order valence-electron chi connectivity index (χ1n) is 13.2. The number of aromatic nitrogens is 7. The number of H-pyrrole nitrogens is 2. The maximum Gasteiger partial charge on any atom is 0.227 e. The van der Waals surface area contributed by atoms with Gasteiger partial charge in [0.2, 0.25) is 5.91 Å². The van der Waals surface area contributed by atoms with Crippen LogP contribution in [0.1, 0.15) is 32.1 Å². The predicted molar refractivity (Wildman–Crippen MR) is 151 cm³/mol. The summed E-state index contributed by atoms with van der Waals surface area (Å²) in [5, 5.41) is 12.7. The Kier molecular flexibility index (Phi) is 5.81. The highest BCUT2D eigenvalue weighted by Crippen LogP contribution is 2.34. The molecular formula is C30H26N8O. The van der Waals surface area contributed by atoms with Gasteiger partial charge in [-0.3, -0.25) is 29.8 Å². The first-order chi connectivity index (χ1) is 19.2. The van der Waals surface area contributed by atoms with Crippen molar-refractivity contribution in [3.63, 3.8) is 0 Å². The first kappa shape index (κ1) is 23.2. The second kappa shape index (κ2) is 9.75. The Balaban J connectivity index is 1.23. The molecule has 192 valence electrons. The maximum atomic E-state index is 12.8. The molecular weight excluding hydrogens is 488 g/mol. The monoisotopic (exact) mass is 514 g/mol. The molecule has 0 unspecified atom stereocenters. The van der Waals surface area contributed by atoms with E-state index in [1.165, 1.54) is 6.42 Å². The zero-order valence-electron chi connectivity index (χ0n) is 21.2. The van der Waals surface area contributed by atoms with E-state index in [4.69, 9.17) is 0 Å². The summed E-state index contributed by atoms with van der Waals surface area (Å²) in [5.74, 6) is 0.157. The van der Waals surface area contributed by atoms with Gasteiger partial charge in [-0.1, -0.05) is 19.3 Å². The minimum absolute atomic E-state index is 0.0774.